The molecule has 2 rings (SSSR count). The number of thiophene rings is 1. The lowest BCUT2D eigenvalue weighted by Gasteiger charge is -2.26. The van der Waals surface area contributed by atoms with Crippen molar-refractivity contribution >= 4 is 27.3 Å². The molecule has 0 saturated carbocycles. The monoisotopic (exact) mass is 337 g/mol. The summed E-state index contributed by atoms with van der Waals surface area (Å²) in [5.74, 6) is 0.563. The van der Waals surface area contributed by atoms with Crippen LogP contribution in [0.4, 0.5) is 0 Å². The average molecular weight is 338 g/mol. The maximum Gasteiger partial charge on any atom is 0.0391 e. The Kier molecular flexibility index (Phi) is 5.20. The number of rotatable bonds is 5. The first-order chi connectivity index (χ1) is 9.08. The Morgan fingerprint density at radius 3 is 2.32 bits per heavy atom. The van der Waals surface area contributed by atoms with Crippen LogP contribution in [0.1, 0.15) is 43.3 Å². The van der Waals surface area contributed by atoms with Crippen molar-refractivity contribution in [2.24, 2.45) is 5.92 Å². The van der Waals surface area contributed by atoms with Gasteiger partial charge in [-0.1, -0.05) is 44.2 Å². The third kappa shape index (κ3) is 3.91. The molecule has 1 heterocycles. The zero-order chi connectivity index (χ0) is 13.8. The minimum Gasteiger partial charge on any atom is -0.302 e. The molecule has 102 valence electrons. The lowest BCUT2D eigenvalue weighted by molar-refractivity contribution is 0.377. The molecule has 2 aromatic rings. The van der Waals surface area contributed by atoms with Gasteiger partial charge in [0.05, 0.1) is 0 Å². The lowest BCUT2D eigenvalue weighted by atomic mass is 9.95. The van der Waals surface area contributed by atoms with E-state index in [9.17, 15) is 0 Å². The van der Waals surface area contributed by atoms with Crippen LogP contribution in [-0.4, -0.2) is 0 Å². The second-order valence-electron chi connectivity index (χ2n) is 5.19. The highest BCUT2D eigenvalue weighted by molar-refractivity contribution is 9.10. The normalized spacial score (nSPS) is 14.6. The standard InChI is InChI=1S/C16H20BrNS/c1-11(2)16(13-7-5-4-6-8-13)18-12(3)15-9-14(17)10-19-15/h4-12,16,18H,1-3H3. The molecule has 1 aromatic heterocycles. The first-order valence-corrected chi connectivity index (χ1v) is 8.30. The Morgan fingerprint density at radius 2 is 1.79 bits per heavy atom. The topological polar surface area (TPSA) is 12.0 Å². The van der Waals surface area contributed by atoms with Gasteiger partial charge >= 0.3 is 0 Å². The Morgan fingerprint density at radius 1 is 1.11 bits per heavy atom. The smallest absolute Gasteiger partial charge is 0.0391 e. The highest BCUT2D eigenvalue weighted by Crippen LogP contribution is 2.29. The Hall–Kier alpha value is -0.640. The largest absolute Gasteiger partial charge is 0.302 e. The zero-order valence-electron chi connectivity index (χ0n) is 11.6. The van der Waals surface area contributed by atoms with E-state index in [2.05, 4.69) is 83.8 Å². The predicted octanol–water partition coefficient (Wildman–Crippen LogP) is 5.56. The first kappa shape index (κ1) is 14.8. The van der Waals surface area contributed by atoms with Crippen LogP contribution < -0.4 is 5.32 Å². The third-order valence-electron chi connectivity index (χ3n) is 3.27. The molecule has 1 aromatic carbocycles. The van der Waals surface area contributed by atoms with Crippen molar-refractivity contribution in [2.75, 3.05) is 0 Å². The van der Waals surface area contributed by atoms with Gasteiger partial charge in [0.2, 0.25) is 0 Å². The molecule has 19 heavy (non-hydrogen) atoms. The van der Waals surface area contributed by atoms with Crippen LogP contribution in [0.2, 0.25) is 0 Å². The fourth-order valence-electron chi connectivity index (χ4n) is 2.24. The van der Waals surface area contributed by atoms with Gasteiger partial charge < -0.3 is 5.32 Å². The van der Waals surface area contributed by atoms with E-state index in [4.69, 9.17) is 0 Å². The van der Waals surface area contributed by atoms with Crippen molar-refractivity contribution in [3.63, 3.8) is 0 Å². The molecule has 0 saturated heterocycles. The second-order valence-corrected chi connectivity index (χ2v) is 7.05. The van der Waals surface area contributed by atoms with E-state index in [0.717, 1.165) is 0 Å². The molecule has 0 spiro atoms. The summed E-state index contributed by atoms with van der Waals surface area (Å²) < 4.78 is 1.17. The summed E-state index contributed by atoms with van der Waals surface area (Å²) in [6.45, 7) is 6.76. The Balaban J connectivity index is 2.13. The Labute approximate surface area is 128 Å². The van der Waals surface area contributed by atoms with E-state index in [0.29, 0.717) is 18.0 Å². The van der Waals surface area contributed by atoms with E-state index in [1.807, 2.05) is 0 Å². The molecule has 2 atom stereocenters. The van der Waals surface area contributed by atoms with Gasteiger partial charge in [0.1, 0.15) is 0 Å². The molecule has 1 N–H and O–H groups in total. The summed E-state index contributed by atoms with van der Waals surface area (Å²) in [5, 5.41) is 5.89. The lowest BCUT2D eigenvalue weighted by Crippen LogP contribution is -2.28. The molecule has 0 aliphatic heterocycles. The van der Waals surface area contributed by atoms with Crippen molar-refractivity contribution in [1.82, 2.24) is 5.32 Å². The van der Waals surface area contributed by atoms with Crippen molar-refractivity contribution in [3.8, 4) is 0 Å². The molecular formula is C16H20BrNS. The molecule has 2 unspecified atom stereocenters. The fourth-order valence-corrected chi connectivity index (χ4v) is 3.70. The van der Waals surface area contributed by atoms with Gasteiger partial charge in [-0.3, -0.25) is 0 Å². The molecule has 0 amide bonds. The highest BCUT2D eigenvalue weighted by atomic mass is 79.9. The first-order valence-electron chi connectivity index (χ1n) is 6.63. The molecule has 0 bridgehead atoms. The van der Waals surface area contributed by atoms with Crippen LogP contribution in [0.5, 0.6) is 0 Å². The minimum absolute atomic E-state index is 0.365. The number of benzene rings is 1. The zero-order valence-corrected chi connectivity index (χ0v) is 14.0. The average Bonchev–Trinajstić information content (AvgIpc) is 2.83. The van der Waals surface area contributed by atoms with Crippen LogP contribution in [0.25, 0.3) is 0 Å². The van der Waals surface area contributed by atoms with E-state index >= 15 is 0 Å². The van der Waals surface area contributed by atoms with Crippen molar-refractivity contribution in [3.05, 3.63) is 56.7 Å². The third-order valence-corrected chi connectivity index (χ3v) is 5.15. The number of nitrogens with one attached hydrogen (secondary N) is 1. The molecular weight excluding hydrogens is 318 g/mol. The van der Waals surface area contributed by atoms with E-state index in [1.54, 1.807) is 11.3 Å². The Bertz CT molecular complexity index is 506. The SMILES string of the molecule is CC(NC(c1ccccc1)C(C)C)c1cc(Br)cs1. The summed E-state index contributed by atoms with van der Waals surface area (Å²) in [6.07, 6.45) is 0. The molecule has 0 aliphatic rings. The number of halogens is 1. The summed E-state index contributed by atoms with van der Waals surface area (Å²) in [6, 6.07) is 13.6. The van der Waals surface area contributed by atoms with Gasteiger partial charge in [0.15, 0.2) is 0 Å². The van der Waals surface area contributed by atoms with Gasteiger partial charge in [-0.2, -0.15) is 0 Å². The van der Waals surface area contributed by atoms with Gasteiger partial charge in [-0.05, 0) is 40.4 Å². The predicted molar refractivity (Wildman–Crippen MR) is 87.6 cm³/mol. The van der Waals surface area contributed by atoms with E-state index in [1.165, 1.54) is 14.9 Å². The van der Waals surface area contributed by atoms with Crippen LogP contribution >= 0.6 is 27.3 Å². The fraction of sp³-hybridized carbons (Fsp3) is 0.375. The van der Waals surface area contributed by atoms with Crippen molar-refractivity contribution in [2.45, 2.75) is 32.9 Å². The number of hydrogen-bond acceptors (Lipinski definition) is 2. The summed E-state index contributed by atoms with van der Waals surface area (Å²) in [7, 11) is 0. The van der Waals surface area contributed by atoms with E-state index < -0.39 is 0 Å². The van der Waals surface area contributed by atoms with Gasteiger partial charge in [0, 0.05) is 26.8 Å². The van der Waals surface area contributed by atoms with Crippen molar-refractivity contribution in [1.29, 1.82) is 0 Å². The molecule has 0 radical (unpaired) electrons. The maximum absolute atomic E-state index is 3.75. The quantitative estimate of drug-likeness (QED) is 0.753. The minimum atomic E-state index is 0.365. The van der Waals surface area contributed by atoms with Crippen LogP contribution in [0, 0.1) is 5.92 Å². The summed E-state index contributed by atoms with van der Waals surface area (Å²) in [4.78, 5) is 1.37. The van der Waals surface area contributed by atoms with Crippen LogP contribution in [-0.2, 0) is 0 Å². The van der Waals surface area contributed by atoms with Crippen LogP contribution in [0.15, 0.2) is 46.3 Å². The second kappa shape index (κ2) is 6.69. The molecule has 0 aliphatic carbocycles. The van der Waals surface area contributed by atoms with Crippen LogP contribution in [0.3, 0.4) is 0 Å². The maximum atomic E-state index is 3.75. The molecule has 3 heteroatoms. The summed E-state index contributed by atoms with van der Waals surface area (Å²) in [5.41, 5.74) is 1.36. The van der Waals surface area contributed by atoms with E-state index in [-0.39, 0.29) is 0 Å². The van der Waals surface area contributed by atoms with Crippen molar-refractivity contribution < 1.29 is 0 Å². The van der Waals surface area contributed by atoms with Gasteiger partial charge in [-0.15, -0.1) is 11.3 Å². The number of hydrogen-bond donors (Lipinski definition) is 1. The molecule has 1 nitrogen and oxygen atoms in total. The highest BCUT2D eigenvalue weighted by Gasteiger charge is 2.19. The summed E-state index contributed by atoms with van der Waals surface area (Å²) >= 11 is 5.32. The molecule has 0 fully saturated rings. The van der Waals surface area contributed by atoms with Gasteiger partial charge in [0.25, 0.3) is 0 Å². The van der Waals surface area contributed by atoms with Gasteiger partial charge in [-0.25, -0.2) is 0 Å².